The number of methoxy groups -OCH3 is 1. The predicted molar refractivity (Wildman–Crippen MR) is 64.5 cm³/mol. The van der Waals surface area contributed by atoms with E-state index in [-0.39, 0.29) is 4.75 Å². The third-order valence-electron chi connectivity index (χ3n) is 2.37. The Kier molecular flexibility index (Phi) is 3.15. The second-order valence-electron chi connectivity index (χ2n) is 4.20. The Morgan fingerprint density at radius 1 is 1.14 bits per heavy atom. The summed E-state index contributed by atoms with van der Waals surface area (Å²) in [5.41, 5.74) is 3.57. The van der Waals surface area contributed by atoms with E-state index in [1.807, 2.05) is 0 Å². The lowest BCUT2D eigenvalue weighted by atomic mass is 9.97. The van der Waals surface area contributed by atoms with Crippen LogP contribution < -0.4 is 4.74 Å². The molecule has 0 aliphatic carbocycles. The fourth-order valence-electron chi connectivity index (χ4n) is 1.63. The quantitative estimate of drug-likeness (QED) is 0.735. The van der Waals surface area contributed by atoms with Crippen LogP contribution in [0.5, 0.6) is 5.75 Å². The van der Waals surface area contributed by atoms with E-state index >= 15 is 0 Å². The first-order chi connectivity index (χ1) is 6.36. The third-order valence-corrected chi connectivity index (χ3v) is 2.63. The minimum Gasteiger partial charge on any atom is -0.496 e. The summed E-state index contributed by atoms with van der Waals surface area (Å²) in [6, 6.07) is 4.28. The van der Waals surface area contributed by atoms with Gasteiger partial charge in [-0.15, -0.1) is 0 Å². The monoisotopic (exact) mass is 210 g/mol. The van der Waals surface area contributed by atoms with Gasteiger partial charge in [-0.2, -0.15) is 12.6 Å². The molecule has 0 unspecified atom stereocenters. The molecule has 1 nitrogen and oxygen atoms in total. The van der Waals surface area contributed by atoms with E-state index in [0.717, 1.165) is 5.75 Å². The molecule has 14 heavy (non-hydrogen) atoms. The van der Waals surface area contributed by atoms with Gasteiger partial charge in [0, 0.05) is 4.75 Å². The number of aryl methyl sites for hydroxylation is 2. The number of thiol groups is 1. The van der Waals surface area contributed by atoms with E-state index in [1.165, 1.54) is 16.7 Å². The fraction of sp³-hybridized carbons (Fsp3) is 0.500. The van der Waals surface area contributed by atoms with E-state index in [1.54, 1.807) is 7.11 Å². The summed E-state index contributed by atoms with van der Waals surface area (Å²) in [7, 11) is 1.71. The third kappa shape index (κ3) is 2.24. The Morgan fingerprint density at radius 3 is 1.86 bits per heavy atom. The highest BCUT2D eigenvalue weighted by molar-refractivity contribution is 7.81. The maximum absolute atomic E-state index is 5.32. The zero-order chi connectivity index (χ0) is 10.9. The Balaban J connectivity index is 3.28. The molecule has 0 aliphatic heterocycles. The summed E-state index contributed by atoms with van der Waals surface area (Å²) < 4.78 is 5.22. The van der Waals surface area contributed by atoms with Gasteiger partial charge in [-0.3, -0.25) is 0 Å². The van der Waals surface area contributed by atoms with Crippen molar-refractivity contribution < 1.29 is 4.74 Å². The van der Waals surface area contributed by atoms with Gasteiger partial charge in [-0.25, -0.2) is 0 Å². The average molecular weight is 210 g/mol. The van der Waals surface area contributed by atoms with Crippen molar-refractivity contribution in [2.75, 3.05) is 7.11 Å². The summed E-state index contributed by atoms with van der Waals surface area (Å²) in [6.07, 6.45) is 0. The standard InChI is InChI=1S/C12H18OS/c1-8-6-10(12(3,4)14)7-9(2)11(8)13-5/h6-7,14H,1-5H3. The minimum absolute atomic E-state index is 0.0954. The molecule has 1 aromatic rings. The normalized spacial score (nSPS) is 11.6. The Labute approximate surface area is 91.9 Å². The predicted octanol–water partition coefficient (Wildman–Crippen LogP) is 3.48. The van der Waals surface area contributed by atoms with Crippen molar-refractivity contribution in [1.82, 2.24) is 0 Å². The smallest absolute Gasteiger partial charge is 0.124 e. The number of hydrogen-bond acceptors (Lipinski definition) is 2. The van der Waals surface area contributed by atoms with Crippen LogP contribution in [0.3, 0.4) is 0 Å². The van der Waals surface area contributed by atoms with Crippen LogP contribution >= 0.6 is 12.6 Å². The van der Waals surface area contributed by atoms with Crippen molar-refractivity contribution in [2.45, 2.75) is 32.4 Å². The van der Waals surface area contributed by atoms with Crippen LogP contribution in [0.4, 0.5) is 0 Å². The van der Waals surface area contributed by atoms with Gasteiger partial charge < -0.3 is 4.74 Å². The molecule has 0 amide bonds. The van der Waals surface area contributed by atoms with E-state index in [9.17, 15) is 0 Å². The molecule has 2 heteroatoms. The van der Waals surface area contributed by atoms with Crippen LogP contribution in [0.25, 0.3) is 0 Å². The lowest BCUT2D eigenvalue weighted by molar-refractivity contribution is 0.408. The van der Waals surface area contributed by atoms with Gasteiger partial charge >= 0.3 is 0 Å². The fourth-order valence-corrected chi connectivity index (χ4v) is 1.75. The van der Waals surface area contributed by atoms with Crippen molar-refractivity contribution >= 4 is 12.6 Å². The highest BCUT2D eigenvalue weighted by Gasteiger charge is 2.17. The van der Waals surface area contributed by atoms with Gasteiger partial charge in [-0.1, -0.05) is 12.1 Å². The van der Waals surface area contributed by atoms with Crippen LogP contribution in [0.1, 0.15) is 30.5 Å². The maximum Gasteiger partial charge on any atom is 0.124 e. The van der Waals surface area contributed by atoms with E-state index < -0.39 is 0 Å². The van der Waals surface area contributed by atoms with Crippen LogP contribution in [0.2, 0.25) is 0 Å². The maximum atomic E-state index is 5.32. The highest BCUT2D eigenvalue weighted by atomic mass is 32.1. The van der Waals surface area contributed by atoms with E-state index in [4.69, 9.17) is 4.74 Å². The molecule has 0 spiro atoms. The first kappa shape index (κ1) is 11.4. The molecule has 0 radical (unpaired) electrons. The average Bonchev–Trinajstić information content (AvgIpc) is 2.01. The van der Waals surface area contributed by atoms with Gasteiger partial charge in [0.05, 0.1) is 7.11 Å². The molecule has 0 N–H and O–H groups in total. The van der Waals surface area contributed by atoms with Crippen LogP contribution in [0.15, 0.2) is 12.1 Å². The minimum atomic E-state index is -0.0954. The topological polar surface area (TPSA) is 9.23 Å². The lowest BCUT2D eigenvalue weighted by Gasteiger charge is -2.20. The molecule has 0 saturated heterocycles. The molecular formula is C12H18OS. The largest absolute Gasteiger partial charge is 0.496 e. The lowest BCUT2D eigenvalue weighted by Crippen LogP contribution is -2.08. The Bertz CT molecular complexity index is 314. The molecule has 1 rings (SSSR count). The molecular weight excluding hydrogens is 192 g/mol. The summed E-state index contributed by atoms with van der Waals surface area (Å²) in [5.74, 6) is 0.978. The molecule has 0 bridgehead atoms. The molecule has 0 saturated carbocycles. The first-order valence-electron chi connectivity index (χ1n) is 4.74. The van der Waals surface area contributed by atoms with Crippen molar-refractivity contribution in [3.63, 3.8) is 0 Å². The molecule has 78 valence electrons. The van der Waals surface area contributed by atoms with Gasteiger partial charge in [-0.05, 0) is 44.4 Å². The van der Waals surface area contributed by atoms with Crippen LogP contribution in [-0.2, 0) is 4.75 Å². The molecule has 0 aliphatic rings. The van der Waals surface area contributed by atoms with Crippen molar-refractivity contribution in [2.24, 2.45) is 0 Å². The zero-order valence-corrected chi connectivity index (χ0v) is 10.4. The molecule has 0 aromatic heterocycles. The summed E-state index contributed by atoms with van der Waals surface area (Å²) >= 11 is 4.56. The van der Waals surface area contributed by atoms with Crippen molar-refractivity contribution in [1.29, 1.82) is 0 Å². The highest BCUT2D eigenvalue weighted by Crippen LogP contribution is 2.32. The van der Waals surface area contributed by atoms with Crippen molar-refractivity contribution in [3.8, 4) is 5.75 Å². The van der Waals surface area contributed by atoms with Gasteiger partial charge in [0.2, 0.25) is 0 Å². The number of benzene rings is 1. The Morgan fingerprint density at radius 2 is 1.57 bits per heavy atom. The summed E-state index contributed by atoms with van der Waals surface area (Å²) in [5, 5.41) is 0. The first-order valence-corrected chi connectivity index (χ1v) is 5.19. The SMILES string of the molecule is COc1c(C)cc(C(C)(C)S)cc1C. The van der Waals surface area contributed by atoms with Gasteiger partial charge in [0.15, 0.2) is 0 Å². The van der Waals surface area contributed by atoms with Crippen LogP contribution in [-0.4, -0.2) is 7.11 Å². The number of rotatable bonds is 2. The second kappa shape index (κ2) is 3.85. The van der Waals surface area contributed by atoms with Gasteiger partial charge in [0.1, 0.15) is 5.75 Å². The van der Waals surface area contributed by atoms with Crippen molar-refractivity contribution in [3.05, 3.63) is 28.8 Å². The molecule has 0 heterocycles. The number of ether oxygens (including phenoxy) is 1. The second-order valence-corrected chi connectivity index (χ2v) is 5.32. The van der Waals surface area contributed by atoms with Gasteiger partial charge in [0.25, 0.3) is 0 Å². The van der Waals surface area contributed by atoms with E-state index in [2.05, 4.69) is 52.5 Å². The van der Waals surface area contributed by atoms with Crippen LogP contribution in [0, 0.1) is 13.8 Å². The van der Waals surface area contributed by atoms with E-state index in [0.29, 0.717) is 0 Å². The zero-order valence-electron chi connectivity index (χ0n) is 9.51. The number of hydrogen-bond donors (Lipinski definition) is 1. The molecule has 1 aromatic carbocycles. The Hall–Kier alpha value is -0.630. The summed E-state index contributed by atoms with van der Waals surface area (Å²) in [6.45, 7) is 8.32. The summed E-state index contributed by atoms with van der Waals surface area (Å²) in [4.78, 5) is 0. The molecule has 0 fully saturated rings. The molecule has 0 atom stereocenters.